The molecule has 0 aromatic carbocycles. The van der Waals surface area contributed by atoms with Crippen LogP contribution in [0.5, 0.6) is 0 Å². The standard InChI is InChI=1S/C10H19N3O2S2/c1-10(2,3)8-11-9(16-12-8)13(4)6-7-17(5,14)15/h6-7H2,1-5H3. The number of rotatable bonds is 4. The van der Waals surface area contributed by atoms with Gasteiger partial charge in [-0.15, -0.1) is 0 Å². The lowest BCUT2D eigenvalue weighted by atomic mass is 9.96. The summed E-state index contributed by atoms with van der Waals surface area (Å²) in [5.74, 6) is 0.928. The van der Waals surface area contributed by atoms with E-state index in [0.717, 1.165) is 11.0 Å². The van der Waals surface area contributed by atoms with Crippen molar-refractivity contribution in [2.24, 2.45) is 0 Å². The topological polar surface area (TPSA) is 63.2 Å². The highest BCUT2D eigenvalue weighted by Gasteiger charge is 2.20. The fourth-order valence-corrected chi connectivity index (χ4v) is 2.52. The van der Waals surface area contributed by atoms with Gasteiger partial charge in [-0.25, -0.2) is 13.4 Å². The number of hydrogen-bond acceptors (Lipinski definition) is 6. The van der Waals surface area contributed by atoms with Crippen LogP contribution in [-0.4, -0.2) is 43.4 Å². The van der Waals surface area contributed by atoms with Gasteiger partial charge >= 0.3 is 0 Å². The molecule has 1 rings (SSSR count). The Hall–Kier alpha value is -0.690. The lowest BCUT2D eigenvalue weighted by Gasteiger charge is -2.15. The van der Waals surface area contributed by atoms with Crippen LogP contribution in [0.25, 0.3) is 0 Å². The van der Waals surface area contributed by atoms with Crippen LogP contribution in [-0.2, 0) is 15.3 Å². The molecule has 5 nitrogen and oxygen atoms in total. The quantitative estimate of drug-likeness (QED) is 0.830. The molecule has 0 amide bonds. The number of aromatic nitrogens is 2. The minimum Gasteiger partial charge on any atom is -0.349 e. The molecule has 0 fully saturated rings. The molecule has 0 aliphatic heterocycles. The van der Waals surface area contributed by atoms with Gasteiger partial charge in [-0.3, -0.25) is 0 Å². The molecule has 0 N–H and O–H groups in total. The van der Waals surface area contributed by atoms with E-state index in [0.29, 0.717) is 6.54 Å². The van der Waals surface area contributed by atoms with Crippen molar-refractivity contribution < 1.29 is 8.42 Å². The van der Waals surface area contributed by atoms with Crippen LogP contribution in [0.4, 0.5) is 5.13 Å². The third-order valence-corrected chi connectivity index (χ3v) is 3.96. The maximum atomic E-state index is 11.1. The van der Waals surface area contributed by atoms with Crippen LogP contribution in [0.3, 0.4) is 0 Å². The van der Waals surface area contributed by atoms with Crippen molar-refractivity contribution in [3.8, 4) is 0 Å². The van der Waals surface area contributed by atoms with E-state index in [1.807, 2.05) is 11.9 Å². The fourth-order valence-electron chi connectivity index (χ4n) is 1.07. The smallest absolute Gasteiger partial charge is 0.204 e. The molecule has 1 aromatic heterocycles. The maximum absolute atomic E-state index is 11.1. The van der Waals surface area contributed by atoms with Crippen LogP contribution in [0.2, 0.25) is 0 Å². The zero-order valence-electron chi connectivity index (χ0n) is 10.9. The molecular weight excluding hydrogens is 258 g/mol. The minimum absolute atomic E-state index is 0.0770. The van der Waals surface area contributed by atoms with E-state index in [1.165, 1.54) is 17.8 Å². The Morgan fingerprint density at radius 1 is 1.35 bits per heavy atom. The number of anilines is 1. The van der Waals surface area contributed by atoms with E-state index in [-0.39, 0.29) is 11.2 Å². The molecule has 1 aromatic rings. The minimum atomic E-state index is -2.93. The highest BCUT2D eigenvalue weighted by atomic mass is 32.2. The van der Waals surface area contributed by atoms with E-state index >= 15 is 0 Å². The molecule has 0 bridgehead atoms. The highest BCUT2D eigenvalue weighted by Crippen LogP contribution is 2.24. The Balaban J connectivity index is 2.71. The molecule has 0 saturated heterocycles. The fraction of sp³-hybridized carbons (Fsp3) is 0.800. The molecule has 17 heavy (non-hydrogen) atoms. The van der Waals surface area contributed by atoms with Crippen LogP contribution in [0.15, 0.2) is 0 Å². The molecule has 0 saturated carbocycles. The molecule has 7 heteroatoms. The van der Waals surface area contributed by atoms with Crippen molar-refractivity contribution >= 4 is 26.5 Å². The van der Waals surface area contributed by atoms with Gasteiger partial charge in [0.1, 0.15) is 15.7 Å². The van der Waals surface area contributed by atoms with E-state index in [1.54, 1.807) is 0 Å². The van der Waals surface area contributed by atoms with E-state index in [2.05, 4.69) is 30.1 Å². The van der Waals surface area contributed by atoms with Crippen molar-refractivity contribution in [3.63, 3.8) is 0 Å². The van der Waals surface area contributed by atoms with E-state index in [4.69, 9.17) is 0 Å². The third kappa shape index (κ3) is 4.59. The Morgan fingerprint density at radius 2 is 1.94 bits per heavy atom. The molecule has 0 spiro atoms. The number of hydrogen-bond donors (Lipinski definition) is 0. The van der Waals surface area contributed by atoms with Crippen LogP contribution >= 0.6 is 11.5 Å². The normalized spacial score (nSPS) is 12.8. The van der Waals surface area contributed by atoms with Crippen molar-refractivity contribution in [2.75, 3.05) is 30.5 Å². The summed E-state index contributed by atoms with van der Waals surface area (Å²) in [4.78, 5) is 6.25. The first-order chi connectivity index (χ1) is 7.59. The average molecular weight is 277 g/mol. The van der Waals surface area contributed by atoms with Gasteiger partial charge in [0.05, 0.1) is 5.75 Å². The summed E-state index contributed by atoms with van der Waals surface area (Å²) in [6, 6.07) is 0. The summed E-state index contributed by atoms with van der Waals surface area (Å²) in [5.41, 5.74) is -0.0770. The number of sulfone groups is 1. The lowest BCUT2D eigenvalue weighted by Crippen LogP contribution is -2.25. The predicted molar refractivity (Wildman–Crippen MR) is 71.6 cm³/mol. The van der Waals surface area contributed by atoms with E-state index in [9.17, 15) is 8.42 Å². The van der Waals surface area contributed by atoms with Crippen molar-refractivity contribution in [3.05, 3.63) is 5.82 Å². The first-order valence-corrected chi connectivity index (χ1v) is 8.16. The SMILES string of the molecule is CN(CCS(C)(=O)=O)c1nc(C(C)(C)C)ns1. The van der Waals surface area contributed by atoms with Gasteiger partial charge in [-0.2, -0.15) is 4.37 Å². The maximum Gasteiger partial charge on any atom is 0.204 e. The van der Waals surface area contributed by atoms with Crippen LogP contribution in [0, 0.1) is 0 Å². The first-order valence-electron chi connectivity index (χ1n) is 5.32. The molecule has 0 unspecified atom stereocenters. The van der Waals surface area contributed by atoms with Gasteiger partial charge in [0.15, 0.2) is 0 Å². The van der Waals surface area contributed by atoms with Gasteiger partial charge in [0.2, 0.25) is 5.13 Å². The van der Waals surface area contributed by atoms with Gasteiger partial charge in [0, 0.05) is 36.8 Å². The van der Waals surface area contributed by atoms with Crippen molar-refractivity contribution in [1.82, 2.24) is 9.36 Å². The van der Waals surface area contributed by atoms with Gasteiger partial charge in [-0.1, -0.05) is 20.8 Å². The largest absolute Gasteiger partial charge is 0.349 e. The summed E-state index contributed by atoms with van der Waals surface area (Å²) >= 11 is 1.31. The molecular formula is C10H19N3O2S2. The zero-order chi connectivity index (χ0) is 13.3. The molecule has 0 aliphatic carbocycles. The molecule has 98 valence electrons. The monoisotopic (exact) mass is 277 g/mol. The summed E-state index contributed by atoms with van der Waals surface area (Å²) in [6.07, 6.45) is 1.24. The second kappa shape index (κ2) is 4.89. The summed E-state index contributed by atoms with van der Waals surface area (Å²) < 4.78 is 26.4. The second-order valence-electron chi connectivity index (χ2n) is 5.20. The highest BCUT2D eigenvalue weighted by molar-refractivity contribution is 7.90. The van der Waals surface area contributed by atoms with E-state index < -0.39 is 9.84 Å². The molecule has 0 aliphatic rings. The second-order valence-corrected chi connectivity index (χ2v) is 8.19. The average Bonchev–Trinajstić information content (AvgIpc) is 2.60. The van der Waals surface area contributed by atoms with Gasteiger partial charge in [0.25, 0.3) is 0 Å². The molecule has 1 heterocycles. The van der Waals surface area contributed by atoms with Gasteiger partial charge in [-0.05, 0) is 0 Å². The summed E-state index contributed by atoms with van der Waals surface area (Å²) in [6.45, 7) is 6.59. The van der Waals surface area contributed by atoms with Gasteiger partial charge < -0.3 is 4.90 Å². The molecule has 0 radical (unpaired) electrons. The molecule has 0 atom stereocenters. The first kappa shape index (κ1) is 14.4. The third-order valence-electron chi connectivity index (χ3n) is 2.21. The zero-order valence-corrected chi connectivity index (χ0v) is 12.5. The predicted octanol–water partition coefficient (Wildman–Crippen LogP) is 1.32. The summed E-state index contributed by atoms with van der Waals surface area (Å²) in [5, 5.41) is 0.763. The Kier molecular flexibility index (Phi) is 4.14. The Bertz CT molecular complexity index is 474. The Morgan fingerprint density at radius 3 is 2.35 bits per heavy atom. The van der Waals surface area contributed by atoms with Crippen LogP contribution < -0.4 is 4.90 Å². The lowest BCUT2D eigenvalue weighted by molar-refractivity contribution is 0.554. The summed E-state index contributed by atoms with van der Waals surface area (Å²) in [7, 11) is -1.10. The van der Waals surface area contributed by atoms with Crippen LogP contribution in [0.1, 0.15) is 26.6 Å². The number of nitrogens with zero attached hydrogens (tertiary/aromatic N) is 3. The Labute approximate surface area is 107 Å². The van der Waals surface area contributed by atoms with Crippen molar-refractivity contribution in [1.29, 1.82) is 0 Å². The van der Waals surface area contributed by atoms with Crippen molar-refractivity contribution in [2.45, 2.75) is 26.2 Å².